The number of nitro benzene ring substituents is 1. The summed E-state index contributed by atoms with van der Waals surface area (Å²) >= 11 is 0. The van der Waals surface area contributed by atoms with E-state index in [2.05, 4.69) is 20.3 Å². The van der Waals surface area contributed by atoms with Gasteiger partial charge in [-0.3, -0.25) is 10.1 Å². The molecule has 0 aliphatic carbocycles. The first-order valence-corrected chi connectivity index (χ1v) is 7.75. The van der Waals surface area contributed by atoms with Gasteiger partial charge in [0.05, 0.1) is 29.0 Å². The maximum Gasteiger partial charge on any atom is 0.337 e. The number of esters is 1. The summed E-state index contributed by atoms with van der Waals surface area (Å²) in [6.07, 6.45) is 0. The van der Waals surface area contributed by atoms with Crippen LogP contribution in [0.1, 0.15) is 10.4 Å². The number of aromatic nitrogens is 2. The number of methoxy groups -OCH3 is 1. The Kier molecular flexibility index (Phi) is 4.93. The van der Waals surface area contributed by atoms with Gasteiger partial charge in [0.1, 0.15) is 5.75 Å². The maximum absolute atomic E-state index is 11.5. The molecule has 0 radical (unpaired) electrons. The molecule has 0 saturated carbocycles. The number of ether oxygens (including phenoxy) is 1. The lowest BCUT2D eigenvalue weighted by molar-refractivity contribution is -0.384. The summed E-state index contributed by atoms with van der Waals surface area (Å²) in [5, 5.41) is 31.8. The van der Waals surface area contributed by atoms with Gasteiger partial charge >= 0.3 is 5.97 Å². The highest BCUT2D eigenvalue weighted by atomic mass is 16.6. The molecule has 0 amide bonds. The van der Waals surface area contributed by atoms with Gasteiger partial charge < -0.3 is 15.2 Å². The zero-order valence-electron chi connectivity index (χ0n) is 14.1. The topological polar surface area (TPSA) is 127 Å². The van der Waals surface area contributed by atoms with Crippen LogP contribution < -0.4 is 5.32 Å². The third-order valence-electron chi connectivity index (χ3n) is 3.70. The highest BCUT2D eigenvalue weighted by molar-refractivity contribution is 5.90. The molecule has 0 saturated heterocycles. The molecule has 3 aromatic rings. The van der Waals surface area contributed by atoms with Crippen molar-refractivity contribution in [2.45, 2.75) is 0 Å². The van der Waals surface area contributed by atoms with E-state index in [9.17, 15) is 20.0 Å². The fourth-order valence-electron chi connectivity index (χ4n) is 2.35. The first-order chi connectivity index (χ1) is 13.0. The number of hydrogen-bond acceptors (Lipinski definition) is 8. The summed E-state index contributed by atoms with van der Waals surface area (Å²) in [5.41, 5.74) is 1.54. The number of phenols is 1. The molecular formula is C18H14N4O5. The van der Waals surface area contributed by atoms with Crippen molar-refractivity contribution in [1.29, 1.82) is 0 Å². The zero-order chi connectivity index (χ0) is 19.4. The molecule has 9 heteroatoms. The van der Waals surface area contributed by atoms with Crippen LogP contribution in [0.5, 0.6) is 5.75 Å². The van der Waals surface area contributed by atoms with E-state index in [1.165, 1.54) is 37.4 Å². The van der Waals surface area contributed by atoms with Gasteiger partial charge in [-0.05, 0) is 30.3 Å². The van der Waals surface area contributed by atoms with E-state index in [0.29, 0.717) is 22.8 Å². The van der Waals surface area contributed by atoms with Crippen molar-refractivity contribution in [1.82, 2.24) is 10.2 Å². The second-order valence-electron chi connectivity index (χ2n) is 5.46. The molecule has 2 N–H and O–H groups in total. The van der Waals surface area contributed by atoms with Gasteiger partial charge in [0, 0.05) is 17.7 Å². The number of phenolic OH excluding ortho intramolecular Hbond substituents is 1. The number of aromatic hydroxyl groups is 1. The molecule has 2 aromatic carbocycles. The third-order valence-corrected chi connectivity index (χ3v) is 3.70. The standard InChI is InChI=1S/C18H14N4O5/c1-27-18(24)12-5-6-15(16(23)10-12)19-17-8-7-14(20-21-17)11-3-2-4-13(9-11)22(25)26/h2-10,23H,1H3,(H,19,21). The fourth-order valence-corrected chi connectivity index (χ4v) is 2.35. The molecule has 0 spiro atoms. The minimum Gasteiger partial charge on any atom is -0.506 e. The van der Waals surface area contributed by atoms with Gasteiger partial charge in [-0.15, -0.1) is 10.2 Å². The Morgan fingerprint density at radius 1 is 1.15 bits per heavy atom. The Hall–Kier alpha value is -4.01. The van der Waals surface area contributed by atoms with Crippen molar-refractivity contribution in [3.05, 3.63) is 70.3 Å². The average Bonchev–Trinajstić information content (AvgIpc) is 2.69. The number of nitrogens with zero attached hydrogens (tertiary/aromatic N) is 3. The van der Waals surface area contributed by atoms with Gasteiger partial charge in [0.25, 0.3) is 5.69 Å². The second kappa shape index (κ2) is 7.48. The largest absolute Gasteiger partial charge is 0.506 e. The molecular weight excluding hydrogens is 352 g/mol. The minimum atomic E-state index is -0.557. The summed E-state index contributed by atoms with van der Waals surface area (Å²) in [5.74, 6) is -0.356. The first kappa shape index (κ1) is 17.8. The quantitative estimate of drug-likeness (QED) is 0.305. The van der Waals surface area contributed by atoms with Crippen LogP contribution in [0.2, 0.25) is 0 Å². The monoisotopic (exact) mass is 366 g/mol. The lowest BCUT2D eigenvalue weighted by Gasteiger charge is -2.09. The van der Waals surface area contributed by atoms with E-state index in [1.54, 1.807) is 24.3 Å². The van der Waals surface area contributed by atoms with Crippen LogP contribution in [-0.4, -0.2) is 33.3 Å². The molecule has 1 heterocycles. The Morgan fingerprint density at radius 3 is 2.59 bits per heavy atom. The number of anilines is 2. The molecule has 0 bridgehead atoms. The summed E-state index contributed by atoms with van der Waals surface area (Å²) < 4.78 is 4.59. The van der Waals surface area contributed by atoms with E-state index >= 15 is 0 Å². The van der Waals surface area contributed by atoms with Crippen LogP contribution in [0.15, 0.2) is 54.6 Å². The molecule has 0 atom stereocenters. The number of nitrogens with one attached hydrogen (secondary N) is 1. The van der Waals surface area contributed by atoms with Crippen molar-refractivity contribution >= 4 is 23.2 Å². The minimum absolute atomic E-state index is 0.0351. The van der Waals surface area contributed by atoms with Crippen LogP contribution >= 0.6 is 0 Å². The van der Waals surface area contributed by atoms with Crippen LogP contribution in [0.25, 0.3) is 11.3 Å². The van der Waals surface area contributed by atoms with Crippen molar-refractivity contribution < 1.29 is 19.6 Å². The Balaban J connectivity index is 1.79. The van der Waals surface area contributed by atoms with E-state index in [0.717, 1.165) is 0 Å². The number of benzene rings is 2. The number of nitro groups is 1. The van der Waals surface area contributed by atoms with E-state index in [4.69, 9.17) is 0 Å². The molecule has 0 fully saturated rings. The number of hydrogen-bond donors (Lipinski definition) is 2. The van der Waals surface area contributed by atoms with E-state index in [1.807, 2.05) is 0 Å². The molecule has 0 unspecified atom stereocenters. The van der Waals surface area contributed by atoms with Crippen molar-refractivity contribution in [3.8, 4) is 17.0 Å². The molecule has 0 aliphatic rings. The highest BCUT2D eigenvalue weighted by Crippen LogP contribution is 2.28. The zero-order valence-corrected chi connectivity index (χ0v) is 14.1. The number of rotatable bonds is 5. The SMILES string of the molecule is COC(=O)c1ccc(Nc2ccc(-c3cccc([N+](=O)[O-])c3)nn2)c(O)c1. The Morgan fingerprint density at radius 2 is 1.96 bits per heavy atom. The van der Waals surface area contributed by atoms with Crippen LogP contribution in [0, 0.1) is 10.1 Å². The number of carbonyl (C=O) groups is 1. The predicted molar refractivity (Wildman–Crippen MR) is 96.9 cm³/mol. The number of carbonyl (C=O) groups excluding carboxylic acids is 1. The van der Waals surface area contributed by atoms with Crippen molar-refractivity contribution in [2.75, 3.05) is 12.4 Å². The first-order valence-electron chi connectivity index (χ1n) is 7.75. The van der Waals surface area contributed by atoms with Gasteiger partial charge in [0.2, 0.25) is 0 Å². The van der Waals surface area contributed by atoms with Crippen LogP contribution in [0.3, 0.4) is 0 Å². The molecule has 136 valence electrons. The average molecular weight is 366 g/mol. The molecule has 27 heavy (non-hydrogen) atoms. The maximum atomic E-state index is 11.5. The van der Waals surface area contributed by atoms with Gasteiger partial charge in [0.15, 0.2) is 5.82 Å². The smallest absolute Gasteiger partial charge is 0.337 e. The van der Waals surface area contributed by atoms with Gasteiger partial charge in [-0.2, -0.15) is 0 Å². The molecule has 0 aliphatic heterocycles. The van der Waals surface area contributed by atoms with E-state index < -0.39 is 10.9 Å². The Labute approximate surface area is 153 Å². The lowest BCUT2D eigenvalue weighted by Crippen LogP contribution is -2.02. The summed E-state index contributed by atoms with van der Waals surface area (Å²) in [6.45, 7) is 0. The predicted octanol–water partition coefficient (Wildman–Crippen LogP) is 3.29. The molecule has 9 nitrogen and oxygen atoms in total. The fraction of sp³-hybridized carbons (Fsp3) is 0.0556. The van der Waals surface area contributed by atoms with Crippen molar-refractivity contribution in [2.24, 2.45) is 0 Å². The second-order valence-corrected chi connectivity index (χ2v) is 5.46. The third kappa shape index (κ3) is 3.98. The summed E-state index contributed by atoms with van der Waals surface area (Å²) in [4.78, 5) is 21.8. The van der Waals surface area contributed by atoms with E-state index in [-0.39, 0.29) is 17.0 Å². The number of non-ortho nitro benzene ring substituents is 1. The molecule has 1 aromatic heterocycles. The normalized spacial score (nSPS) is 10.3. The summed E-state index contributed by atoms with van der Waals surface area (Å²) in [7, 11) is 1.25. The summed E-state index contributed by atoms with van der Waals surface area (Å²) in [6, 6.07) is 13.6. The van der Waals surface area contributed by atoms with Crippen molar-refractivity contribution in [3.63, 3.8) is 0 Å². The lowest BCUT2D eigenvalue weighted by atomic mass is 10.1. The van der Waals surface area contributed by atoms with Gasteiger partial charge in [-0.25, -0.2) is 4.79 Å². The molecule has 3 rings (SSSR count). The van der Waals surface area contributed by atoms with Gasteiger partial charge in [-0.1, -0.05) is 12.1 Å². The van der Waals surface area contributed by atoms with Crippen LogP contribution in [0.4, 0.5) is 17.2 Å². The highest BCUT2D eigenvalue weighted by Gasteiger charge is 2.11. The Bertz CT molecular complexity index is 1000. The van der Waals surface area contributed by atoms with Crippen LogP contribution in [-0.2, 0) is 4.74 Å².